The first kappa shape index (κ1) is 12.6. The van der Waals surface area contributed by atoms with Gasteiger partial charge in [-0.3, -0.25) is 4.79 Å². The van der Waals surface area contributed by atoms with Crippen LogP contribution in [0.3, 0.4) is 0 Å². The molecule has 1 fully saturated rings. The van der Waals surface area contributed by atoms with Crippen molar-refractivity contribution in [2.24, 2.45) is 0 Å². The van der Waals surface area contributed by atoms with E-state index in [1.165, 1.54) is 11.0 Å². The third-order valence-corrected chi connectivity index (χ3v) is 3.33. The third-order valence-electron chi connectivity index (χ3n) is 3.33. The van der Waals surface area contributed by atoms with Crippen molar-refractivity contribution in [1.29, 1.82) is 5.26 Å². The molecule has 0 saturated carbocycles. The van der Waals surface area contributed by atoms with Gasteiger partial charge in [0.2, 0.25) is 0 Å². The summed E-state index contributed by atoms with van der Waals surface area (Å²) in [7, 11) is 0. The second-order valence-corrected chi connectivity index (χ2v) is 4.58. The SMILES string of the molecule is Cc1cccc(C(=O)N2CCCCC2C#N)c1F. The molecule has 1 saturated heterocycles. The second-order valence-electron chi connectivity index (χ2n) is 4.58. The molecule has 0 spiro atoms. The molecule has 0 bridgehead atoms. The number of carbonyl (C=O) groups is 1. The van der Waals surface area contributed by atoms with E-state index in [1.807, 2.05) is 0 Å². The Labute approximate surface area is 106 Å². The first-order valence-corrected chi connectivity index (χ1v) is 6.11. The number of rotatable bonds is 1. The molecule has 0 aromatic heterocycles. The maximum atomic E-state index is 13.9. The lowest BCUT2D eigenvalue weighted by atomic mass is 10.0. The fourth-order valence-corrected chi connectivity index (χ4v) is 2.28. The zero-order valence-corrected chi connectivity index (χ0v) is 10.3. The molecule has 0 N–H and O–H groups in total. The van der Waals surface area contributed by atoms with Gasteiger partial charge in [-0.25, -0.2) is 4.39 Å². The van der Waals surface area contributed by atoms with Crippen LogP contribution in [-0.4, -0.2) is 23.4 Å². The number of amides is 1. The molecule has 18 heavy (non-hydrogen) atoms. The van der Waals surface area contributed by atoms with Crippen LogP contribution in [0, 0.1) is 24.1 Å². The van der Waals surface area contributed by atoms with E-state index in [1.54, 1.807) is 19.1 Å². The summed E-state index contributed by atoms with van der Waals surface area (Å²) in [5.41, 5.74) is 0.517. The number of benzene rings is 1. The lowest BCUT2D eigenvalue weighted by Gasteiger charge is -2.31. The maximum absolute atomic E-state index is 13.9. The van der Waals surface area contributed by atoms with Crippen molar-refractivity contribution in [1.82, 2.24) is 4.90 Å². The van der Waals surface area contributed by atoms with Crippen LogP contribution in [0.25, 0.3) is 0 Å². The summed E-state index contributed by atoms with van der Waals surface area (Å²) in [6, 6.07) is 6.47. The standard InChI is InChI=1S/C14H15FN2O/c1-10-5-4-7-12(13(10)15)14(18)17-8-3-2-6-11(17)9-16/h4-5,7,11H,2-3,6,8H2,1H3. The highest BCUT2D eigenvalue weighted by Crippen LogP contribution is 2.21. The summed E-state index contributed by atoms with van der Waals surface area (Å²) >= 11 is 0. The molecule has 1 heterocycles. The highest BCUT2D eigenvalue weighted by atomic mass is 19.1. The fourth-order valence-electron chi connectivity index (χ4n) is 2.28. The van der Waals surface area contributed by atoms with Gasteiger partial charge in [-0.15, -0.1) is 0 Å². The van der Waals surface area contributed by atoms with E-state index in [9.17, 15) is 9.18 Å². The number of nitriles is 1. The largest absolute Gasteiger partial charge is 0.323 e. The van der Waals surface area contributed by atoms with Crippen LogP contribution in [0.1, 0.15) is 35.2 Å². The van der Waals surface area contributed by atoms with Gasteiger partial charge in [-0.2, -0.15) is 5.26 Å². The van der Waals surface area contributed by atoms with Crippen LogP contribution < -0.4 is 0 Å². The summed E-state index contributed by atoms with van der Waals surface area (Å²) in [5, 5.41) is 9.04. The van der Waals surface area contributed by atoms with Gasteiger partial charge in [-0.1, -0.05) is 12.1 Å². The van der Waals surface area contributed by atoms with Crippen LogP contribution >= 0.6 is 0 Å². The number of hydrogen-bond acceptors (Lipinski definition) is 2. The van der Waals surface area contributed by atoms with E-state index in [0.717, 1.165) is 12.8 Å². The van der Waals surface area contributed by atoms with Crippen molar-refractivity contribution in [2.45, 2.75) is 32.2 Å². The van der Waals surface area contributed by atoms with Crippen molar-refractivity contribution in [3.05, 3.63) is 35.1 Å². The van der Waals surface area contributed by atoms with E-state index in [2.05, 4.69) is 6.07 Å². The number of piperidine rings is 1. The van der Waals surface area contributed by atoms with Crippen LogP contribution in [0.5, 0.6) is 0 Å². The monoisotopic (exact) mass is 246 g/mol. The highest BCUT2D eigenvalue weighted by molar-refractivity contribution is 5.95. The van der Waals surface area contributed by atoms with Gasteiger partial charge >= 0.3 is 0 Å². The van der Waals surface area contributed by atoms with Gasteiger partial charge in [0.15, 0.2) is 0 Å². The number of likely N-dealkylation sites (tertiary alicyclic amines) is 1. The van der Waals surface area contributed by atoms with Gasteiger partial charge in [0.05, 0.1) is 11.6 Å². The van der Waals surface area contributed by atoms with Crippen molar-refractivity contribution in [3.8, 4) is 6.07 Å². The van der Waals surface area contributed by atoms with E-state index in [-0.39, 0.29) is 11.5 Å². The van der Waals surface area contributed by atoms with Gasteiger partial charge < -0.3 is 4.90 Å². The van der Waals surface area contributed by atoms with Crippen molar-refractivity contribution >= 4 is 5.91 Å². The summed E-state index contributed by atoms with van der Waals surface area (Å²) < 4.78 is 13.9. The average Bonchev–Trinajstić information content (AvgIpc) is 2.41. The van der Waals surface area contributed by atoms with Gasteiger partial charge in [-0.05, 0) is 37.8 Å². The number of halogens is 1. The van der Waals surface area contributed by atoms with Crippen LogP contribution in [0.2, 0.25) is 0 Å². The quantitative estimate of drug-likeness (QED) is 0.764. The van der Waals surface area contributed by atoms with E-state index in [4.69, 9.17) is 5.26 Å². The van der Waals surface area contributed by atoms with Crippen molar-refractivity contribution in [2.75, 3.05) is 6.54 Å². The molecule has 2 rings (SSSR count). The summed E-state index contributed by atoms with van der Waals surface area (Å²) in [6.07, 6.45) is 2.49. The Morgan fingerprint density at radius 3 is 3.00 bits per heavy atom. The molecule has 1 atom stereocenters. The van der Waals surface area contributed by atoms with E-state index < -0.39 is 11.9 Å². The van der Waals surface area contributed by atoms with Gasteiger partial charge in [0, 0.05) is 6.54 Å². The molecular weight excluding hydrogens is 231 g/mol. The van der Waals surface area contributed by atoms with Gasteiger partial charge in [0.1, 0.15) is 11.9 Å². The summed E-state index contributed by atoms with van der Waals surface area (Å²) in [5.74, 6) is -0.854. The number of nitrogens with zero attached hydrogens (tertiary/aromatic N) is 2. The molecule has 4 heteroatoms. The summed E-state index contributed by atoms with van der Waals surface area (Å²) in [4.78, 5) is 13.8. The Morgan fingerprint density at radius 2 is 2.28 bits per heavy atom. The van der Waals surface area contributed by atoms with Crippen LogP contribution in [0.15, 0.2) is 18.2 Å². The molecule has 1 aromatic rings. The Bertz CT molecular complexity index is 507. The minimum atomic E-state index is -0.482. The minimum absolute atomic E-state index is 0.0668. The molecule has 1 aromatic carbocycles. The molecule has 94 valence electrons. The molecule has 1 unspecified atom stereocenters. The Balaban J connectivity index is 2.30. The zero-order valence-electron chi connectivity index (χ0n) is 10.3. The molecule has 1 amide bonds. The van der Waals surface area contributed by atoms with Crippen molar-refractivity contribution in [3.63, 3.8) is 0 Å². The molecule has 1 aliphatic rings. The molecular formula is C14H15FN2O. The zero-order chi connectivity index (χ0) is 13.1. The number of carbonyl (C=O) groups excluding carboxylic acids is 1. The maximum Gasteiger partial charge on any atom is 0.257 e. The average molecular weight is 246 g/mol. The lowest BCUT2D eigenvalue weighted by Crippen LogP contribution is -2.43. The Morgan fingerprint density at radius 1 is 1.50 bits per heavy atom. The predicted molar refractivity (Wildman–Crippen MR) is 65.4 cm³/mol. The Hall–Kier alpha value is -1.89. The molecule has 0 aliphatic carbocycles. The fraction of sp³-hybridized carbons (Fsp3) is 0.429. The van der Waals surface area contributed by atoms with Gasteiger partial charge in [0.25, 0.3) is 5.91 Å². The minimum Gasteiger partial charge on any atom is -0.323 e. The molecule has 1 aliphatic heterocycles. The lowest BCUT2D eigenvalue weighted by molar-refractivity contribution is 0.0665. The van der Waals surface area contributed by atoms with E-state index in [0.29, 0.717) is 18.5 Å². The topological polar surface area (TPSA) is 44.1 Å². The smallest absolute Gasteiger partial charge is 0.257 e. The molecule has 3 nitrogen and oxygen atoms in total. The second kappa shape index (κ2) is 5.18. The van der Waals surface area contributed by atoms with Crippen molar-refractivity contribution < 1.29 is 9.18 Å². The Kier molecular flexibility index (Phi) is 3.61. The van der Waals surface area contributed by atoms with Crippen LogP contribution in [-0.2, 0) is 0 Å². The third kappa shape index (κ3) is 2.21. The summed E-state index contributed by atoms with van der Waals surface area (Å²) in [6.45, 7) is 2.16. The normalized spacial score (nSPS) is 19.4. The molecule has 0 radical (unpaired) electrons. The first-order valence-electron chi connectivity index (χ1n) is 6.11. The van der Waals surface area contributed by atoms with Crippen LogP contribution in [0.4, 0.5) is 4.39 Å². The number of hydrogen-bond donors (Lipinski definition) is 0. The highest BCUT2D eigenvalue weighted by Gasteiger charge is 2.28. The first-order chi connectivity index (χ1) is 8.65. The van der Waals surface area contributed by atoms with E-state index >= 15 is 0 Å². The predicted octanol–water partition coefficient (Wildman–Crippen LogP) is 2.65. The number of aryl methyl sites for hydroxylation is 1.